The summed E-state index contributed by atoms with van der Waals surface area (Å²) < 4.78 is 25.1. The first kappa shape index (κ1) is 30.8. The average molecular weight is 174 g/mol. The smallest absolute Gasteiger partial charge is 0.187 e. The van der Waals surface area contributed by atoms with Gasteiger partial charge in [0.2, 0.25) is 0 Å². The molecule has 76 valence electrons. The zero-order valence-electron chi connectivity index (χ0n) is 5.29. The largest absolute Gasteiger partial charge is 0.354 e. The standard InChI is InChI=1S/C3H7F.C2H5FO.3CH4/c1-2-3-4;1-4-2-3;;;/h2-3H2,1H3;2H2,1H3;3*1H4. The van der Waals surface area contributed by atoms with Crippen LogP contribution in [0.15, 0.2) is 0 Å². The molecular weight excluding hydrogens is 150 g/mol. The average Bonchev–Trinajstić information content (AvgIpc) is 1.88. The SMILES string of the molecule is C.C.C.CCCF.COCF. The third kappa shape index (κ3) is 181. The predicted octanol–water partition coefficient (Wildman–Crippen LogP) is 3.83. The van der Waals surface area contributed by atoms with Gasteiger partial charge in [0.05, 0.1) is 6.67 Å². The van der Waals surface area contributed by atoms with Gasteiger partial charge in [0.15, 0.2) is 6.86 Å². The van der Waals surface area contributed by atoms with Crippen LogP contribution in [0.25, 0.3) is 0 Å². The number of alkyl halides is 2. The predicted molar refractivity (Wildman–Crippen MR) is 49.4 cm³/mol. The van der Waals surface area contributed by atoms with E-state index < -0.39 is 6.86 Å². The Morgan fingerprint density at radius 3 is 1.27 bits per heavy atom. The lowest BCUT2D eigenvalue weighted by Crippen LogP contribution is -1.70. The molecule has 0 unspecified atom stereocenters. The van der Waals surface area contributed by atoms with Crippen molar-refractivity contribution in [2.45, 2.75) is 35.6 Å². The lowest BCUT2D eigenvalue weighted by molar-refractivity contribution is 0.104. The Morgan fingerprint density at radius 1 is 1.09 bits per heavy atom. The van der Waals surface area contributed by atoms with Crippen LogP contribution in [-0.4, -0.2) is 20.6 Å². The number of rotatable bonds is 2. The Labute approximate surface area is 70.8 Å². The molecular formula is C8H24F2O. The van der Waals surface area contributed by atoms with E-state index in [9.17, 15) is 8.78 Å². The molecule has 11 heavy (non-hydrogen) atoms. The van der Waals surface area contributed by atoms with Gasteiger partial charge < -0.3 is 4.74 Å². The van der Waals surface area contributed by atoms with Crippen LogP contribution in [0.4, 0.5) is 8.78 Å². The maximum absolute atomic E-state index is 10.7. The van der Waals surface area contributed by atoms with Crippen LogP contribution in [0.2, 0.25) is 0 Å². The fourth-order valence-corrected chi connectivity index (χ4v) is 0. The van der Waals surface area contributed by atoms with Crippen LogP contribution >= 0.6 is 0 Å². The molecule has 0 aliphatic heterocycles. The highest BCUT2D eigenvalue weighted by Gasteiger charge is 1.60. The topological polar surface area (TPSA) is 9.23 Å². The van der Waals surface area contributed by atoms with Crippen LogP contribution in [-0.2, 0) is 4.74 Å². The summed E-state index contributed by atoms with van der Waals surface area (Å²) in [5.74, 6) is 0. The molecule has 0 N–H and O–H groups in total. The minimum atomic E-state index is -0.681. The number of halogens is 2. The van der Waals surface area contributed by atoms with Gasteiger partial charge in [-0.15, -0.1) is 0 Å². The lowest BCUT2D eigenvalue weighted by Gasteiger charge is -1.72. The van der Waals surface area contributed by atoms with Crippen molar-refractivity contribution in [3.63, 3.8) is 0 Å². The van der Waals surface area contributed by atoms with Crippen molar-refractivity contribution >= 4 is 0 Å². The Bertz CT molecular complexity index is 20.1. The van der Waals surface area contributed by atoms with E-state index in [0.717, 1.165) is 0 Å². The van der Waals surface area contributed by atoms with Gasteiger partial charge in [-0.05, 0) is 6.42 Å². The van der Waals surface area contributed by atoms with Gasteiger partial charge in [0, 0.05) is 7.11 Å². The molecule has 0 bridgehead atoms. The minimum absolute atomic E-state index is 0. The van der Waals surface area contributed by atoms with Gasteiger partial charge in [-0.25, -0.2) is 4.39 Å². The second-order valence-electron chi connectivity index (χ2n) is 1.09. The van der Waals surface area contributed by atoms with E-state index in [0.29, 0.717) is 6.42 Å². The first-order valence-electron chi connectivity index (χ1n) is 2.44. The highest BCUT2D eigenvalue weighted by atomic mass is 19.1. The molecule has 0 aromatic carbocycles. The Kier molecular flexibility index (Phi) is 147. The molecule has 0 fully saturated rings. The van der Waals surface area contributed by atoms with Crippen LogP contribution in [0, 0.1) is 0 Å². The van der Waals surface area contributed by atoms with E-state index in [-0.39, 0.29) is 29.0 Å². The zero-order valence-corrected chi connectivity index (χ0v) is 5.29. The third-order valence-corrected chi connectivity index (χ3v) is 0.298. The molecule has 0 aliphatic carbocycles. The second-order valence-corrected chi connectivity index (χ2v) is 1.09. The number of hydrogen-bond donors (Lipinski definition) is 0. The van der Waals surface area contributed by atoms with E-state index >= 15 is 0 Å². The lowest BCUT2D eigenvalue weighted by atomic mass is 10.6. The summed E-state index contributed by atoms with van der Waals surface area (Å²) in [6.45, 7) is 0.944. The van der Waals surface area contributed by atoms with Crippen molar-refractivity contribution in [2.24, 2.45) is 0 Å². The van der Waals surface area contributed by atoms with Crippen molar-refractivity contribution in [3.8, 4) is 0 Å². The maximum atomic E-state index is 10.7. The minimum Gasteiger partial charge on any atom is -0.354 e. The summed E-state index contributed by atoms with van der Waals surface area (Å²) in [4.78, 5) is 0. The van der Waals surface area contributed by atoms with Gasteiger partial charge in [-0.2, -0.15) is 0 Å². The van der Waals surface area contributed by atoms with Crippen molar-refractivity contribution in [1.82, 2.24) is 0 Å². The normalized spacial score (nSPS) is 5.45. The fraction of sp³-hybridized carbons (Fsp3) is 1.00. The highest BCUT2D eigenvalue weighted by molar-refractivity contribution is 4.11. The van der Waals surface area contributed by atoms with Crippen LogP contribution in [0.1, 0.15) is 35.6 Å². The van der Waals surface area contributed by atoms with Crippen LogP contribution < -0.4 is 0 Å². The molecule has 0 amide bonds. The monoisotopic (exact) mass is 174 g/mol. The summed E-state index contributed by atoms with van der Waals surface area (Å²) in [6, 6.07) is 0. The van der Waals surface area contributed by atoms with Crippen molar-refractivity contribution in [1.29, 1.82) is 0 Å². The second kappa shape index (κ2) is 52.4. The zero-order chi connectivity index (χ0) is 6.83. The van der Waals surface area contributed by atoms with Gasteiger partial charge >= 0.3 is 0 Å². The van der Waals surface area contributed by atoms with Crippen molar-refractivity contribution < 1.29 is 13.5 Å². The highest BCUT2D eigenvalue weighted by Crippen LogP contribution is 1.69. The van der Waals surface area contributed by atoms with Crippen molar-refractivity contribution in [3.05, 3.63) is 0 Å². The molecule has 0 aromatic rings. The van der Waals surface area contributed by atoms with E-state index in [2.05, 4.69) is 4.74 Å². The number of hydrogen-bond acceptors (Lipinski definition) is 1. The maximum Gasteiger partial charge on any atom is 0.187 e. The molecule has 0 rings (SSSR count). The van der Waals surface area contributed by atoms with E-state index in [1.54, 1.807) is 6.92 Å². The number of methoxy groups -OCH3 is 1. The molecule has 3 heteroatoms. The molecule has 0 saturated carbocycles. The molecule has 0 saturated heterocycles. The summed E-state index contributed by atoms with van der Waals surface area (Å²) >= 11 is 0. The van der Waals surface area contributed by atoms with Crippen LogP contribution in [0.5, 0.6) is 0 Å². The molecule has 0 heterocycles. The molecule has 0 aliphatic rings. The summed E-state index contributed by atoms with van der Waals surface area (Å²) in [6.07, 6.45) is 0.653. The summed E-state index contributed by atoms with van der Waals surface area (Å²) in [5.41, 5.74) is 0. The number of ether oxygens (including phenoxy) is 1. The Balaban J connectivity index is -0.0000000171. The summed E-state index contributed by atoms with van der Waals surface area (Å²) in [7, 11) is 1.31. The van der Waals surface area contributed by atoms with Gasteiger partial charge in [0.25, 0.3) is 0 Å². The molecule has 1 nitrogen and oxygen atoms in total. The molecule has 0 radical (unpaired) electrons. The Hall–Kier alpha value is -0.180. The molecule has 0 spiro atoms. The summed E-state index contributed by atoms with van der Waals surface area (Å²) in [5, 5.41) is 0. The Morgan fingerprint density at radius 2 is 1.27 bits per heavy atom. The quantitative estimate of drug-likeness (QED) is 0.618. The first-order valence-corrected chi connectivity index (χ1v) is 2.44. The first-order chi connectivity index (χ1) is 3.83. The van der Waals surface area contributed by atoms with Crippen molar-refractivity contribution in [2.75, 3.05) is 20.6 Å². The van der Waals surface area contributed by atoms with Gasteiger partial charge in [-0.3, -0.25) is 4.39 Å². The van der Waals surface area contributed by atoms with Crippen LogP contribution in [0.3, 0.4) is 0 Å². The third-order valence-electron chi connectivity index (χ3n) is 0.298. The van der Waals surface area contributed by atoms with Gasteiger partial charge in [-0.1, -0.05) is 29.2 Å². The van der Waals surface area contributed by atoms with Gasteiger partial charge in [0.1, 0.15) is 0 Å². The van der Waals surface area contributed by atoms with E-state index in [1.807, 2.05) is 0 Å². The van der Waals surface area contributed by atoms with E-state index in [4.69, 9.17) is 0 Å². The van der Waals surface area contributed by atoms with E-state index in [1.165, 1.54) is 7.11 Å². The molecule has 0 aromatic heterocycles. The molecule has 0 atom stereocenters. The fourth-order valence-electron chi connectivity index (χ4n) is 0.